The van der Waals surface area contributed by atoms with Crippen LogP contribution in [0.3, 0.4) is 0 Å². The number of carboxylic acids is 1. The van der Waals surface area contributed by atoms with E-state index in [1.54, 1.807) is 6.92 Å². The van der Waals surface area contributed by atoms with E-state index in [1.165, 1.54) is 33.8 Å². The van der Waals surface area contributed by atoms with Crippen LogP contribution in [-0.2, 0) is 0 Å². The molecule has 0 saturated carbocycles. The molecule has 3 rings (SSSR count). The Hall–Kier alpha value is -2.77. The van der Waals surface area contributed by atoms with Gasteiger partial charge in [-0.1, -0.05) is 12.1 Å². The molecule has 1 aliphatic heterocycles. The third-order valence-electron chi connectivity index (χ3n) is 3.79. The maximum absolute atomic E-state index is 12.6. The van der Waals surface area contributed by atoms with E-state index in [0.29, 0.717) is 5.69 Å². The topological polar surface area (TPSA) is 75.4 Å². The standard InChI is InChI=1S/C15H13F2N3O3/c1-8-7-19(10-4-2-9(3-5-10)13(16)17)14(21)12-11(15(22)23)6-18-20(8)12/h2-6,8,13H,7H2,1H3,(H,22,23)/t8-/m0/s1. The minimum atomic E-state index is -2.58. The molecule has 8 heteroatoms. The van der Waals surface area contributed by atoms with Crippen molar-refractivity contribution in [3.05, 3.63) is 47.3 Å². The number of carbonyl (C=O) groups excluding carboxylic acids is 1. The average Bonchev–Trinajstić information content (AvgIpc) is 2.97. The second kappa shape index (κ2) is 5.45. The van der Waals surface area contributed by atoms with Crippen molar-refractivity contribution in [3.8, 4) is 0 Å². The van der Waals surface area contributed by atoms with Crippen LogP contribution >= 0.6 is 0 Å². The third kappa shape index (κ3) is 2.45. The predicted molar refractivity (Wildman–Crippen MR) is 77.0 cm³/mol. The minimum Gasteiger partial charge on any atom is -0.478 e. The molecule has 0 bridgehead atoms. The van der Waals surface area contributed by atoms with Gasteiger partial charge in [0.15, 0.2) is 0 Å². The van der Waals surface area contributed by atoms with Gasteiger partial charge in [0.2, 0.25) is 0 Å². The van der Waals surface area contributed by atoms with Gasteiger partial charge in [0.1, 0.15) is 11.3 Å². The van der Waals surface area contributed by atoms with Gasteiger partial charge in [0.25, 0.3) is 12.3 Å². The highest BCUT2D eigenvalue weighted by Gasteiger charge is 2.35. The fourth-order valence-corrected chi connectivity index (χ4v) is 2.64. The van der Waals surface area contributed by atoms with Crippen LogP contribution in [0.5, 0.6) is 0 Å². The quantitative estimate of drug-likeness (QED) is 0.943. The Labute approximate surface area is 129 Å². The lowest BCUT2D eigenvalue weighted by molar-refractivity contribution is 0.0690. The summed E-state index contributed by atoms with van der Waals surface area (Å²) in [6.45, 7) is 2.08. The zero-order valence-corrected chi connectivity index (χ0v) is 12.1. The number of aromatic carboxylic acids is 1. The summed E-state index contributed by atoms with van der Waals surface area (Å²) >= 11 is 0. The third-order valence-corrected chi connectivity index (χ3v) is 3.79. The van der Waals surface area contributed by atoms with E-state index in [2.05, 4.69) is 5.10 Å². The molecule has 0 aliphatic carbocycles. The highest BCUT2D eigenvalue weighted by atomic mass is 19.3. The number of carbonyl (C=O) groups is 2. The molecule has 23 heavy (non-hydrogen) atoms. The lowest BCUT2D eigenvalue weighted by Gasteiger charge is -2.32. The lowest BCUT2D eigenvalue weighted by atomic mass is 10.1. The molecule has 1 aromatic carbocycles. The van der Waals surface area contributed by atoms with Crippen molar-refractivity contribution in [2.75, 3.05) is 11.4 Å². The minimum absolute atomic E-state index is 0.00538. The summed E-state index contributed by atoms with van der Waals surface area (Å²) in [6.07, 6.45) is -1.43. The van der Waals surface area contributed by atoms with Gasteiger partial charge in [-0.15, -0.1) is 0 Å². The molecule has 2 heterocycles. The normalized spacial score (nSPS) is 17.5. The van der Waals surface area contributed by atoms with Crippen LogP contribution in [0, 0.1) is 0 Å². The van der Waals surface area contributed by atoms with Crippen LogP contribution in [-0.4, -0.2) is 33.3 Å². The number of halogens is 2. The van der Waals surface area contributed by atoms with E-state index >= 15 is 0 Å². The Morgan fingerprint density at radius 2 is 2.00 bits per heavy atom. The number of alkyl halides is 2. The fraction of sp³-hybridized carbons (Fsp3) is 0.267. The van der Waals surface area contributed by atoms with E-state index in [4.69, 9.17) is 0 Å². The zero-order chi connectivity index (χ0) is 16.7. The zero-order valence-electron chi connectivity index (χ0n) is 12.1. The van der Waals surface area contributed by atoms with Gasteiger partial charge in [-0.05, 0) is 19.1 Å². The van der Waals surface area contributed by atoms with Crippen LogP contribution in [0.4, 0.5) is 14.5 Å². The number of fused-ring (bicyclic) bond motifs is 1. The van der Waals surface area contributed by atoms with Crippen LogP contribution in [0.15, 0.2) is 30.5 Å². The smallest absolute Gasteiger partial charge is 0.339 e. The number of rotatable bonds is 3. The summed E-state index contributed by atoms with van der Waals surface area (Å²) in [5.41, 5.74) is 0.127. The first-order valence-electron chi connectivity index (χ1n) is 6.91. The Morgan fingerprint density at radius 1 is 1.35 bits per heavy atom. The number of carboxylic acid groups (broad SMARTS) is 1. The maximum Gasteiger partial charge on any atom is 0.339 e. The molecule has 0 saturated heterocycles. The highest BCUT2D eigenvalue weighted by molar-refractivity contribution is 6.11. The number of nitrogens with zero attached hydrogens (tertiary/aromatic N) is 3. The molecule has 1 aromatic heterocycles. The van der Waals surface area contributed by atoms with Crippen molar-refractivity contribution < 1.29 is 23.5 Å². The van der Waals surface area contributed by atoms with E-state index in [1.807, 2.05) is 0 Å². The van der Waals surface area contributed by atoms with E-state index in [9.17, 15) is 23.5 Å². The molecule has 0 spiro atoms. The highest BCUT2D eigenvalue weighted by Crippen LogP contribution is 2.29. The number of benzene rings is 1. The van der Waals surface area contributed by atoms with Crippen molar-refractivity contribution in [1.82, 2.24) is 9.78 Å². The second-order valence-corrected chi connectivity index (χ2v) is 5.31. The first kappa shape index (κ1) is 15.1. The number of anilines is 1. The Bertz CT molecular complexity index is 771. The maximum atomic E-state index is 12.6. The molecular weight excluding hydrogens is 308 g/mol. The molecule has 0 radical (unpaired) electrons. The molecule has 1 amide bonds. The van der Waals surface area contributed by atoms with Crippen molar-refractivity contribution in [1.29, 1.82) is 0 Å². The van der Waals surface area contributed by atoms with Crippen LogP contribution in [0.1, 0.15) is 45.8 Å². The molecule has 120 valence electrons. The average molecular weight is 321 g/mol. The molecule has 6 nitrogen and oxygen atoms in total. The molecule has 2 aromatic rings. The lowest BCUT2D eigenvalue weighted by Crippen LogP contribution is -2.43. The number of hydrogen-bond acceptors (Lipinski definition) is 3. The first-order valence-corrected chi connectivity index (χ1v) is 6.91. The van der Waals surface area contributed by atoms with Crippen molar-refractivity contribution in [2.45, 2.75) is 19.4 Å². The van der Waals surface area contributed by atoms with Gasteiger partial charge in [-0.2, -0.15) is 5.10 Å². The Balaban J connectivity index is 2.00. The van der Waals surface area contributed by atoms with E-state index < -0.39 is 18.3 Å². The molecular formula is C15H13F2N3O3. The summed E-state index contributed by atoms with van der Waals surface area (Å²) in [6, 6.07) is 5.13. The van der Waals surface area contributed by atoms with Gasteiger partial charge in [-0.25, -0.2) is 13.6 Å². The SMILES string of the molecule is C[C@H]1CN(c2ccc(C(F)F)cc2)C(=O)c2c(C(=O)O)cnn21. The molecule has 0 fully saturated rings. The Kier molecular flexibility index (Phi) is 3.59. The van der Waals surface area contributed by atoms with Crippen molar-refractivity contribution in [2.24, 2.45) is 0 Å². The molecule has 1 atom stereocenters. The van der Waals surface area contributed by atoms with E-state index in [-0.39, 0.29) is 29.4 Å². The van der Waals surface area contributed by atoms with Crippen LogP contribution in [0.25, 0.3) is 0 Å². The largest absolute Gasteiger partial charge is 0.478 e. The number of aromatic nitrogens is 2. The van der Waals surface area contributed by atoms with Gasteiger partial charge in [0.05, 0.1) is 12.2 Å². The van der Waals surface area contributed by atoms with Gasteiger partial charge in [0, 0.05) is 17.8 Å². The Morgan fingerprint density at radius 3 is 2.57 bits per heavy atom. The summed E-state index contributed by atoms with van der Waals surface area (Å²) in [4.78, 5) is 25.2. The number of amides is 1. The van der Waals surface area contributed by atoms with Gasteiger partial charge in [-0.3, -0.25) is 9.48 Å². The predicted octanol–water partition coefficient (Wildman–Crippen LogP) is 2.74. The van der Waals surface area contributed by atoms with Crippen LogP contribution < -0.4 is 4.90 Å². The fourth-order valence-electron chi connectivity index (χ4n) is 2.64. The first-order chi connectivity index (χ1) is 10.9. The monoisotopic (exact) mass is 321 g/mol. The van der Waals surface area contributed by atoms with Gasteiger partial charge >= 0.3 is 5.97 Å². The van der Waals surface area contributed by atoms with E-state index in [0.717, 1.165) is 6.20 Å². The molecule has 0 unspecified atom stereocenters. The second-order valence-electron chi connectivity index (χ2n) is 5.31. The summed E-state index contributed by atoms with van der Waals surface area (Å²) in [5, 5.41) is 13.1. The van der Waals surface area contributed by atoms with Crippen LogP contribution in [0.2, 0.25) is 0 Å². The molecule has 1 N–H and O–H groups in total. The van der Waals surface area contributed by atoms with Gasteiger partial charge < -0.3 is 10.0 Å². The molecule has 1 aliphatic rings. The van der Waals surface area contributed by atoms with Crippen molar-refractivity contribution >= 4 is 17.6 Å². The summed E-state index contributed by atoms with van der Waals surface area (Å²) in [5.74, 6) is -1.75. The summed E-state index contributed by atoms with van der Waals surface area (Å²) in [7, 11) is 0. The number of hydrogen-bond donors (Lipinski definition) is 1. The van der Waals surface area contributed by atoms with Crippen molar-refractivity contribution in [3.63, 3.8) is 0 Å². The summed E-state index contributed by atoms with van der Waals surface area (Å²) < 4.78 is 26.6.